The van der Waals surface area contributed by atoms with Crippen molar-refractivity contribution in [3.63, 3.8) is 0 Å². The van der Waals surface area contributed by atoms with Gasteiger partial charge < -0.3 is 4.48 Å². The quantitative estimate of drug-likeness (QED) is 0.410. The van der Waals surface area contributed by atoms with E-state index < -0.39 is 0 Å². The highest BCUT2D eigenvalue weighted by Crippen LogP contribution is 1.99. The van der Waals surface area contributed by atoms with Gasteiger partial charge in [-0.05, 0) is 6.42 Å². The molecule has 0 saturated heterocycles. The molecule has 0 unspecified atom stereocenters. The minimum absolute atomic E-state index is 0.896. The predicted octanol–water partition coefficient (Wildman–Crippen LogP) is 1.50. The van der Waals surface area contributed by atoms with Crippen molar-refractivity contribution in [2.75, 3.05) is 27.2 Å². The van der Waals surface area contributed by atoms with Gasteiger partial charge in [0.15, 0.2) is 0 Å². The SMILES string of the molecule is C#CCC[N+](C)(C)CCC. The van der Waals surface area contributed by atoms with Crippen LogP contribution in [-0.4, -0.2) is 31.7 Å². The molecule has 0 aliphatic carbocycles. The van der Waals surface area contributed by atoms with Gasteiger partial charge in [-0.15, -0.1) is 12.3 Å². The summed E-state index contributed by atoms with van der Waals surface area (Å²) in [6.45, 7) is 4.53. The van der Waals surface area contributed by atoms with Gasteiger partial charge in [-0.1, -0.05) is 6.92 Å². The summed E-state index contributed by atoms with van der Waals surface area (Å²) >= 11 is 0. The lowest BCUT2D eigenvalue weighted by Gasteiger charge is -2.28. The summed E-state index contributed by atoms with van der Waals surface area (Å²) in [6.07, 6.45) is 7.30. The molecule has 0 aromatic heterocycles. The molecule has 0 heterocycles. The first kappa shape index (κ1) is 9.52. The predicted molar refractivity (Wildman–Crippen MR) is 45.6 cm³/mol. The molecule has 1 heteroatoms. The van der Waals surface area contributed by atoms with E-state index >= 15 is 0 Å². The molecule has 0 aliphatic heterocycles. The molecule has 0 radical (unpaired) electrons. The molecule has 0 spiro atoms. The van der Waals surface area contributed by atoms with Crippen LogP contribution >= 0.6 is 0 Å². The van der Waals surface area contributed by atoms with E-state index in [1.165, 1.54) is 13.0 Å². The van der Waals surface area contributed by atoms with Gasteiger partial charge in [0.2, 0.25) is 0 Å². The van der Waals surface area contributed by atoms with E-state index in [-0.39, 0.29) is 0 Å². The second kappa shape index (κ2) is 4.35. The Morgan fingerprint density at radius 1 is 1.30 bits per heavy atom. The van der Waals surface area contributed by atoms with Crippen LogP contribution in [0.1, 0.15) is 19.8 Å². The fourth-order valence-corrected chi connectivity index (χ4v) is 1.08. The van der Waals surface area contributed by atoms with Gasteiger partial charge in [0.05, 0.1) is 33.6 Å². The van der Waals surface area contributed by atoms with E-state index in [1.807, 2.05) is 0 Å². The Morgan fingerprint density at radius 3 is 2.30 bits per heavy atom. The molecule has 0 atom stereocenters. The van der Waals surface area contributed by atoms with Crippen molar-refractivity contribution in [1.29, 1.82) is 0 Å². The van der Waals surface area contributed by atoms with Gasteiger partial charge in [-0.3, -0.25) is 0 Å². The number of quaternary nitrogens is 1. The maximum atomic E-state index is 5.17. The second-order valence-corrected chi connectivity index (χ2v) is 3.34. The van der Waals surface area contributed by atoms with E-state index in [4.69, 9.17) is 6.42 Å². The zero-order valence-electron chi connectivity index (χ0n) is 7.35. The second-order valence-electron chi connectivity index (χ2n) is 3.34. The molecule has 58 valence electrons. The Kier molecular flexibility index (Phi) is 4.14. The van der Waals surface area contributed by atoms with Crippen molar-refractivity contribution in [1.82, 2.24) is 0 Å². The van der Waals surface area contributed by atoms with Crippen molar-refractivity contribution in [3.05, 3.63) is 0 Å². The Balaban J connectivity index is 3.54. The molecule has 0 aromatic carbocycles. The molecular formula is C9H18N+. The summed E-state index contributed by atoms with van der Waals surface area (Å²) in [6, 6.07) is 0. The van der Waals surface area contributed by atoms with E-state index in [0.717, 1.165) is 17.4 Å². The van der Waals surface area contributed by atoms with Crippen molar-refractivity contribution < 1.29 is 4.48 Å². The highest BCUT2D eigenvalue weighted by Gasteiger charge is 2.10. The molecule has 0 bridgehead atoms. The zero-order valence-corrected chi connectivity index (χ0v) is 7.35. The lowest BCUT2D eigenvalue weighted by Crippen LogP contribution is -2.40. The third kappa shape index (κ3) is 4.40. The van der Waals surface area contributed by atoms with Crippen LogP contribution < -0.4 is 0 Å². The smallest absolute Gasteiger partial charge is 0.0893 e. The molecule has 1 nitrogen and oxygen atoms in total. The minimum atomic E-state index is 0.896. The number of hydrogen-bond acceptors (Lipinski definition) is 0. The number of hydrogen-bond donors (Lipinski definition) is 0. The summed E-state index contributed by atoms with van der Waals surface area (Å²) in [5.74, 6) is 2.67. The summed E-state index contributed by atoms with van der Waals surface area (Å²) in [4.78, 5) is 0. The topological polar surface area (TPSA) is 0 Å². The first-order valence-corrected chi connectivity index (χ1v) is 3.88. The Hall–Kier alpha value is -0.480. The maximum absolute atomic E-state index is 5.17. The van der Waals surface area contributed by atoms with Crippen LogP contribution in [0.15, 0.2) is 0 Å². The number of nitrogens with zero attached hydrogens (tertiary/aromatic N) is 1. The third-order valence-electron chi connectivity index (χ3n) is 1.69. The molecule has 0 amide bonds. The molecule has 10 heavy (non-hydrogen) atoms. The van der Waals surface area contributed by atoms with Crippen LogP contribution in [-0.2, 0) is 0 Å². The molecule has 0 fully saturated rings. The van der Waals surface area contributed by atoms with E-state index in [1.54, 1.807) is 0 Å². The van der Waals surface area contributed by atoms with Crippen LogP contribution in [0.4, 0.5) is 0 Å². The number of terminal acetylenes is 1. The minimum Gasteiger partial charge on any atom is -0.328 e. The molecule has 0 rings (SSSR count). The summed E-state index contributed by atoms with van der Waals surface area (Å²) in [7, 11) is 4.45. The zero-order chi connectivity index (χ0) is 8.04. The molecule has 0 N–H and O–H groups in total. The molecule has 0 aromatic rings. The van der Waals surface area contributed by atoms with Crippen molar-refractivity contribution in [2.45, 2.75) is 19.8 Å². The normalized spacial score (nSPS) is 11.0. The van der Waals surface area contributed by atoms with Gasteiger partial charge in [0.25, 0.3) is 0 Å². The van der Waals surface area contributed by atoms with Crippen molar-refractivity contribution in [2.24, 2.45) is 0 Å². The van der Waals surface area contributed by atoms with E-state index in [9.17, 15) is 0 Å². The van der Waals surface area contributed by atoms with Crippen molar-refractivity contribution >= 4 is 0 Å². The van der Waals surface area contributed by atoms with Crippen LogP contribution in [0.5, 0.6) is 0 Å². The standard InChI is InChI=1S/C9H18N/c1-5-7-9-10(3,4)8-6-2/h1H,6-9H2,2-4H3/q+1. The van der Waals surface area contributed by atoms with Gasteiger partial charge in [-0.2, -0.15) is 0 Å². The summed E-state index contributed by atoms with van der Waals surface area (Å²) in [5.41, 5.74) is 0. The van der Waals surface area contributed by atoms with Gasteiger partial charge in [0.1, 0.15) is 0 Å². The van der Waals surface area contributed by atoms with Gasteiger partial charge in [-0.25, -0.2) is 0 Å². The lowest BCUT2D eigenvalue weighted by molar-refractivity contribution is -0.889. The Morgan fingerprint density at radius 2 is 1.90 bits per heavy atom. The van der Waals surface area contributed by atoms with Crippen LogP contribution in [0, 0.1) is 12.3 Å². The Labute approximate surface area is 64.6 Å². The maximum Gasteiger partial charge on any atom is 0.0893 e. The molecule has 0 aliphatic rings. The summed E-state index contributed by atoms with van der Waals surface area (Å²) in [5, 5.41) is 0. The molecule has 0 saturated carbocycles. The average Bonchev–Trinajstić information content (AvgIpc) is 1.84. The van der Waals surface area contributed by atoms with Crippen molar-refractivity contribution in [3.8, 4) is 12.3 Å². The van der Waals surface area contributed by atoms with Gasteiger partial charge >= 0.3 is 0 Å². The Bertz CT molecular complexity index is 119. The van der Waals surface area contributed by atoms with E-state index in [0.29, 0.717) is 0 Å². The molecular weight excluding hydrogens is 122 g/mol. The first-order valence-electron chi connectivity index (χ1n) is 3.88. The van der Waals surface area contributed by atoms with Crippen LogP contribution in [0.3, 0.4) is 0 Å². The fourth-order valence-electron chi connectivity index (χ4n) is 1.08. The first-order chi connectivity index (χ1) is 4.62. The third-order valence-corrected chi connectivity index (χ3v) is 1.69. The highest BCUT2D eigenvalue weighted by molar-refractivity contribution is 4.82. The number of rotatable bonds is 4. The largest absolute Gasteiger partial charge is 0.328 e. The summed E-state index contributed by atoms with van der Waals surface area (Å²) < 4.78 is 1.06. The monoisotopic (exact) mass is 140 g/mol. The van der Waals surface area contributed by atoms with E-state index in [2.05, 4.69) is 26.9 Å². The fraction of sp³-hybridized carbons (Fsp3) is 0.778. The highest BCUT2D eigenvalue weighted by atomic mass is 15.3. The average molecular weight is 140 g/mol. The van der Waals surface area contributed by atoms with Crippen LogP contribution in [0.25, 0.3) is 0 Å². The van der Waals surface area contributed by atoms with Gasteiger partial charge in [0, 0.05) is 0 Å². The van der Waals surface area contributed by atoms with Crippen LogP contribution in [0.2, 0.25) is 0 Å². The lowest BCUT2D eigenvalue weighted by atomic mass is 10.3.